The highest BCUT2D eigenvalue weighted by Crippen LogP contribution is 2.39. The van der Waals surface area contributed by atoms with Gasteiger partial charge < -0.3 is 23.7 Å². The minimum atomic E-state index is -0.533. The topological polar surface area (TPSA) is 75.6 Å². The first-order valence-electron chi connectivity index (χ1n) is 8.06. The summed E-state index contributed by atoms with van der Waals surface area (Å²) in [6.45, 7) is 0. The monoisotopic (exact) mass is 369 g/mol. The lowest BCUT2D eigenvalue weighted by Crippen LogP contribution is -2.06. The van der Waals surface area contributed by atoms with Crippen LogP contribution in [0.5, 0.6) is 23.0 Å². The molecule has 0 atom stereocenters. The number of ether oxygens (including phenoxy) is 5. The van der Waals surface area contributed by atoms with Gasteiger partial charge in [0.05, 0.1) is 28.4 Å². The molecule has 7 nitrogen and oxygen atoms in total. The van der Waals surface area contributed by atoms with Gasteiger partial charge in [-0.25, -0.2) is 9.79 Å². The van der Waals surface area contributed by atoms with Crippen LogP contribution in [0, 0.1) is 0 Å². The van der Waals surface area contributed by atoms with E-state index in [9.17, 15) is 4.79 Å². The summed E-state index contributed by atoms with van der Waals surface area (Å²) in [4.78, 5) is 16.5. The molecule has 7 heteroatoms. The fraction of sp³-hybridized carbons (Fsp3) is 0.200. The molecule has 0 N–H and O–H groups in total. The van der Waals surface area contributed by atoms with Gasteiger partial charge in [-0.2, -0.15) is 0 Å². The maximum absolute atomic E-state index is 12.2. The number of cyclic esters (lactones) is 1. The van der Waals surface area contributed by atoms with Crippen LogP contribution < -0.4 is 18.9 Å². The quantitative estimate of drug-likeness (QED) is 0.575. The molecule has 2 aromatic rings. The maximum Gasteiger partial charge on any atom is 0.363 e. The third-order valence-corrected chi connectivity index (χ3v) is 3.95. The van der Waals surface area contributed by atoms with Gasteiger partial charge in [-0.1, -0.05) is 12.1 Å². The van der Waals surface area contributed by atoms with Gasteiger partial charge in [0.25, 0.3) is 0 Å². The molecule has 0 saturated heterocycles. The van der Waals surface area contributed by atoms with Crippen LogP contribution in [0.15, 0.2) is 47.1 Å². The third-order valence-electron chi connectivity index (χ3n) is 3.95. The summed E-state index contributed by atoms with van der Waals surface area (Å²) in [5, 5.41) is 0. The first-order chi connectivity index (χ1) is 13.1. The van der Waals surface area contributed by atoms with E-state index < -0.39 is 5.97 Å². The lowest BCUT2D eigenvalue weighted by atomic mass is 10.1. The van der Waals surface area contributed by atoms with Gasteiger partial charge in [-0.05, 0) is 35.9 Å². The number of carbonyl (C=O) groups is 1. The third kappa shape index (κ3) is 3.72. The van der Waals surface area contributed by atoms with Gasteiger partial charge >= 0.3 is 5.97 Å². The Bertz CT molecular complexity index is 890. The highest BCUT2D eigenvalue weighted by atomic mass is 16.6. The van der Waals surface area contributed by atoms with Crippen LogP contribution >= 0.6 is 0 Å². The predicted octanol–water partition coefficient (Wildman–Crippen LogP) is 3.07. The van der Waals surface area contributed by atoms with E-state index in [2.05, 4.69) is 4.99 Å². The Hall–Kier alpha value is -3.48. The second kappa shape index (κ2) is 7.82. The Morgan fingerprint density at radius 3 is 2.04 bits per heavy atom. The lowest BCUT2D eigenvalue weighted by Gasteiger charge is -2.13. The highest BCUT2D eigenvalue weighted by Gasteiger charge is 2.26. The maximum atomic E-state index is 12.2. The molecule has 140 valence electrons. The Kier molecular flexibility index (Phi) is 5.30. The fourth-order valence-corrected chi connectivity index (χ4v) is 2.60. The average molecular weight is 369 g/mol. The molecule has 0 unspecified atom stereocenters. The van der Waals surface area contributed by atoms with E-state index in [1.54, 1.807) is 37.5 Å². The van der Waals surface area contributed by atoms with E-state index in [0.29, 0.717) is 22.8 Å². The van der Waals surface area contributed by atoms with Crippen LogP contribution in [0.3, 0.4) is 0 Å². The molecule has 1 heterocycles. The highest BCUT2D eigenvalue weighted by molar-refractivity contribution is 6.13. The number of hydrogen-bond donors (Lipinski definition) is 0. The molecule has 1 aliphatic heterocycles. The van der Waals surface area contributed by atoms with Crippen LogP contribution in [0.2, 0.25) is 0 Å². The van der Waals surface area contributed by atoms with E-state index in [0.717, 1.165) is 11.3 Å². The van der Waals surface area contributed by atoms with Crippen molar-refractivity contribution in [2.24, 2.45) is 4.99 Å². The van der Waals surface area contributed by atoms with Gasteiger partial charge in [0, 0.05) is 5.56 Å². The molecular weight excluding hydrogens is 350 g/mol. The zero-order valence-corrected chi connectivity index (χ0v) is 15.4. The molecule has 3 rings (SSSR count). The summed E-state index contributed by atoms with van der Waals surface area (Å²) in [6.07, 6.45) is 1.65. The second-order valence-electron chi connectivity index (χ2n) is 5.52. The molecule has 0 fully saturated rings. The van der Waals surface area contributed by atoms with Crippen molar-refractivity contribution in [3.8, 4) is 23.0 Å². The summed E-state index contributed by atoms with van der Waals surface area (Å²) in [5.41, 5.74) is 1.54. The second-order valence-corrected chi connectivity index (χ2v) is 5.52. The van der Waals surface area contributed by atoms with E-state index in [1.165, 1.54) is 21.3 Å². The number of methoxy groups -OCH3 is 4. The van der Waals surface area contributed by atoms with Crippen molar-refractivity contribution >= 4 is 17.9 Å². The summed E-state index contributed by atoms with van der Waals surface area (Å²) >= 11 is 0. The number of hydrogen-bond acceptors (Lipinski definition) is 7. The predicted molar refractivity (Wildman–Crippen MR) is 99.7 cm³/mol. The van der Waals surface area contributed by atoms with E-state index in [-0.39, 0.29) is 11.6 Å². The zero-order valence-electron chi connectivity index (χ0n) is 15.4. The van der Waals surface area contributed by atoms with Gasteiger partial charge in [-0.3, -0.25) is 0 Å². The molecule has 0 aromatic heterocycles. The van der Waals surface area contributed by atoms with Crippen molar-refractivity contribution in [1.82, 2.24) is 0 Å². The molecular formula is C20H19NO6. The van der Waals surface area contributed by atoms with Gasteiger partial charge in [-0.15, -0.1) is 0 Å². The summed E-state index contributed by atoms with van der Waals surface area (Å²) in [7, 11) is 6.13. The SMILES string of the molecule is COc1ccc(/C=C2/N=C(c3cc(OC)c(OC)c(OC)c3)OC2=O)cc1. The smallest absolute Gasteiger partial charge is 0.363 e. The first kappa shape index (κ1) is 18.3. The number of carbonyl (C=O) groups excluding carboxylic acids is 1. The van der Waals surface area contributed by atoms with E-state index in [4.69, 9.17) is 23.7 Å². The summed E-state index contributed by atoms with van der Waals surface area (Å²) in [6, 6.07) is 10.6. The van der Waals surface area contributed by atoms with Gasteiger partial charge in [0.2, 0.25) is 11.6 Å². The van der Waals surface area contributed by atoms with Crippen molar-refractivity contribution in [3.63, 3.8) is 0 Å². The minimum Gasteiger partial charge on any atom is -0.497 e. The van der Waals surface area contributed by atoms with Crippen LogP contribution in [-0.2, 0) is 9.53 Å². The van der Waals surface area contributed by atoms with Gasteiger partial charge in [0.15, 0.2) is 17.2 Å². The molecule has 27 heavy (non-hydrogen) atoms. The Balaban J connectivity index is 1.97. The summed E-state index contributed by atoms with van der Waals surface area (Å²) in [5.74, 6) is 1.69. The molecule has 0 saturated carbocycles. The minimum absolute atomic E-state index is 0.166. The van der Waals surface area contributed by atoms with Crippen LogP contribution in [0.4, 0.5) is 0 Å². The van der Waals surface area contributed by atoms with Crippen molar-refractivity contribution in [2.45, 2.75) is 0 Å². The normalized spacial score (nSPS) is 14.6. The van der Waals surface area contributed by atoms with E-state index >= 15 is 0 Å². The Labute approximate surface area is 156 Å². The first-order valence-corrected chi connectivity index (χ1v) is 8.06. The number of esters is 1. The Morgan fingerprint density at radius 2 is 1.52 bits per heavy atom. The fourth-order valence-electron chi connectivity index (χ4n) is 2.60. The van der Waals surface area contributed by atoms with Crippen molar-refractivity contribution in [1.29, 1.82) is 0 Å². The summed E-state index contributed by atoms with van der Waals surface area (Å²) < 4.78 is 26.4. The molecule has 2 aromatic carbocycles. The van der Waals surface area contributed by atoms with Crippen molar-refractivity contribution in [3.05, 3.63) is 53.2 Å². The van der Waals surface area contributed by atoms with Crippen LogP contribution in [0.25, 0.3) is 6.08 Å². The standard InChI is InChI=1S/C20H19NO6/c1-23-14-7-5-12(6-8-14)9-15-20(22)27-19(21-15)13-10-16(24-2)18(26-4)17(11-13)25-3/h5-11H,1-4H3/b15-9+. The number of rotatable bonds is 6. The molecule has 0 spiro atoms. The largest absolute Gasteiger partial charge is 0.497 e. The van der Waals surface area contributed by atoms with Crippen LogP contribution in [0.1, 0.15) is 11.1 Å². The zero-order chi connectivity index (χ0) is 19.4. The Morgan fingerprint density at radius 1 is 0.889 bits per heavy atom. The molecule has 1 aliphatic rings. The van der Waals surface area contributed by atoms with Crippen LogP contribution in [-0.4, -0.2) is 40.3 Å². The lowest BCUT2D eigenvalue weighted by molar-refractivity contribution is -0.129. The molecule has 0 aliphatic carbocycles. The van der Waals surface area contributed by atoms with Crippen molar-refractivity contribution < 1.29 is 28.5 Å². The molecule has 0 radical (unpaired) electrons. The molecule has 0 bridgehead atoms. The number of nitrogens with zero attached hydrogens (tertiary/aromatic N) is 1. The number of benzene rings is 2. The van der Waals surface area contributed by atoms with Crippen molar-refractivity contribution in [2.75, 3.05) is 28.4 Å². The number of aliphatic imine (C=N–C) groups is 1. The van der Waals surface area contributed by atoms with Gasteiger partial charge in [0.1, 0.15) is 5.75 Å². The van der Waals surface area contributed by atoms with E-state index in [1.807, 2.05) is 12.1 Å². The average Bonchev–Trinajstić information content (AvgIpc) is 3.07. The molecule has 0 amide bonds.